The number of methoxy groups -OCH3 is 1. The molecule has 1 aliphatic heterocycles. The van der Waals surface area contributed by atoms with Crippen molar-refractivity contribution >= 4 is 0 Å². The van der Waals surface area contributed by atoms with Crippen LogP contribution in [0.4, 0.5) is 0 Å². The highest BCUT2D eigenvalue weighted by atomic mass is 16.5. The number of nitrogens with one attached hydrogen (secondary N) is 2. The topological polar surface area (TPSA) is 49.9 Å². The van der Waals surface area contributed by atoms with Crippen molar-refractivity contribution in [2.45, 2.75) is 12.3 Å². The van der Waals surface area contributed by atoms with E-state index in [1.807, 2.05) is 30.5 Å². The average molecular weight is 243 g/mol. The van der Waals surface area contributed by atoms with Gasteiger partial charge in [0, 0.05) is 18.0 Å². The van der Waals surface area contributed by atoms with Gasteiger partial charge in [-0.25, -0.2) is 4.98 Å². The number of aromatic amines is 1. The van der Waals surface area contributed by atoms with Crippen molar-refractivity contribution in [3.05, 3.63) is 36.3 Å². The number of ether oxygens (including phenoxy) is 1. The molecule has 3 rings (SSSR count). The molecule has 1 aromatic heterocycles. The molecule has 1 fully saturated rings. The molecule has 4 nitrogen and oxygen atoms in total. The third kappa shape index (κ3) is 1.99. The van der Waals surface area contributed by atoms with E-state index in [0.717, 1.165) is 42.3 Å². The first-order chi connectivity index (χ1) is 8.88. The molecule has 0 spiro atoms. The van der Waals surface area contributed by atoms with Gasteiger partial charge in [0.25, 0.3) is 0 Å². The molecule has 18 heavy (non-hydrogen) atoms. The lowest BCUT2D eigenvalue weighted by Crippen LogP contribution is -2.08. The smallest absolute Gasteiger partial charge is 0.128 e. The predicted octanol–water partition coefficient (Wildman–Crippen LogP) is 2.16. The monoisotopic (exact) mass is 243 g/mol. The number of H-pyrrole nitrogens is 1. The van der Waals surface area contributed by atoms with Gasteiger partial charge in [0.15, 0.2) is 0 Å². The Balaban J connectivity index is 1.92. The maximum atomic E-state index is 5.37. The van der Waals surface area contributed by atoms with E-state index < -0.39 is 0 Å². The number of rotatable bonds is 3. The highest BCUT2D eigenvalue weighted by Gasteiger charge is 2.20. The second-order valence-electron chi connectivity index (χ2n) is 4.57. The molecule has 0 radical (unpaired) electrons. The highest BCUT2D eigenvalue weighted by molar-refractivity contribution is 5.66. The summed E-state index contributed by atoms with van der Waals surface area (Å²) in [6.45, 7) is 2.09. The second kappa shape index (κ2) is 4.82. The van der Waals surface area contributed by atoms with Gasteiger partial charge in [-0.1, -0.05) is 12.1 Å². The zero-order chi connectivity index (χ0) is 12.4. The summed E-state index contributed by atoms with van der Waals surface area (Å²) in [7, 11) is 1.69. The van der Waals surface area contributed by atoms with Gasteiger partial charge < -0.3 is 15.0 Å². The van der Waals surface area contributed by atoms with Crippen molar-refractivity contribution in [3.63, 3.8) is 0 Å². The summed E-state index contributed by atoms with van der Waals surface area (Å²) in [4.78, 5) is 7.91. The predicted molar refractivity (Wildman–Crippen MR) is 70.8 cm³/mol. The van der Waals surface area contributed by atoms with Crippen LogP contribution in [0.1, 0.15) is 18.2 Å². The molecule has 4 heteroatoms. The summed E-state index contributed by atoms with van der Waals surface area (Å²) in [6, 6.07) is 7.99. The van der Waals surface area contributed by atoms with Gasteiger partial charge >= 0.3 is 0 Å². The minimum absolute atomic E-state index is 0.508. The van der Waals surface area contributed by atoms with Gasteiger partial charge in [0.1, 0.15) is 11.6 Å². The Hall–Kier alpha value is -1.81. The van der Waals surface area contributed by atoms with Crippen LogP contribution in [0.5, 0.6) is 5.75 Å². The van der Waals surface area contributed by atoms with E-state index in [2.05, 4.69) is 15.3 Å². The lowest BCUT2D eigenvalue weighted by molar-refractivity contribution is 0.416. The molecule has 0 aliphatic carbocycles. The van der Waals surface area contributed by atoms with Crippen molar-refractivity contribution in [2.75, 3.05) is 20.2 Å². The zero-order valence-corrected chi connectivity index (χ0v) is 10.4. The molecule has 0 amide bonds. The van der Waals surface area contributed by atoms with E-state index in [1.165, 1.54) is 0 Å². The summed E-state index contributed by atoms with van der Waals surface area (Å²) in [5.74, 6) is 2.45. The molecule has 2 N–H and O–H groups in total. The Morgan fingerprint density at radius 1 is 1.33 bits per heavy atom. The van der Waals surface area contributed by atoms with Crippen LogP contribution >= 0.6 is 0 Å². The van der Waals surface area contributed by atoms with E-state index in [-0.39, 0.29) is 0 Å². The molecule has 0 bridgehead atoms. The molecule has 1 aliphatic rings. The summed E-state index contributed by atoms with van der Waals surface area (Å²) >= 11 is 0. The quantitative estimate of drug-likeness (QED) is 0.868. The van der Waals surface area contributed by atoms with Gasteiger partial charge in [-0.15, -0.1) is 0 Å². The molecule has 2 aromatic rings. The van der Waals surface area contributed by atoms with Gasteiger partial charge in [-0.05, 0) is 25.1 Å². The second-order valence-corrected chi connectivity index (χ2v) is 4.57. The van der Waals surface area contributed by atoms with Crippen LogP contribution in [-0.4, -0.2) is 30.2 Å². The van der Waals surface area contributed by atoms with Gasteiger partial charge in [0.2, 0.25) is 0 Å². The number of hydrogen-bond acceptors (Lipinski definition) is 3. The number of nitrogens with zero attached hydrogens (tertiary/aromatic N) is 1. The maximum Gasteiger partial charge on any atom is 0.128 e. The molecular weight excluding hydrogens is 226 g/mol. The largest absolute Gasteiger partial charge is 0.496 e. The Morgan fingerprint density at radius 3 is 3.00 bits per heavy atom. The minimum atomic E-state index is 0.508. The number of para-hydroxylation sites is 1. The standard InChI is InChI=1S/C14H17N3O/c1-18-13-5-3-2-4-11(13)12-9-16-14(17-12)10-6-7-15-8-10/h2-5,9-10,15H,6-8H2,1H3,(H,16,17). The van der Waals surface area contributed by atoms with Crippen LogP contribution in [0, 0.1) is 0 Å². The van der Waals surface area contributed by atoms with Crippen LogP contribution in [0.2, 0.25) is 0 Å². The van der Waals surface area contributed by atoms with Crippen LogP contribution < -0.4 is 10.1 Å². The molecule has 1 aromatic carbocycles. The normalized spacial score (nSPS) is 19.1. The SMILES string of the molecule is COc1ccccc1-c1cnc(C2CCNC2)[nH]1. The van der Waals surface area contributed by atoms with Crippen molar-refractivity contribution in [1.29, 1.82) is 0 Å². The average Bonchev–Trinajstić information content (AvgIpc) is 3.09. The maximum absolute atomic E-state index is 5.37. The fourth-order valence-electron chi connectivity index (χ4n) is 2.44. The van der Waals surface area contributed by atoms with Gasteiger partial charge in [-0.3, -0.25) is 0 Å². The van der Waals surface area contributed by atoms with Crippen molar-refractivity contribution < 1.29 is 4.74 Å². The molecule has 1 saturated heterocycles. The number of hydrogen-bond donors (Lipinski definition) is 2. The number of imidazole rings is 1. The van der Waals surface area contributed by atoms with Crippen LogP contribution in [0.15, 0.2) is 30.5 Å². The first-order valence-corrected chi connectivity index (χ1v) is 6.27. The van der Waals surface area contributed by atoms with E-state index in [1.54, 1.807) is 7.11 Å². The minimum Gasteiger partial charge on any atom is -0.496 e. The summed E-state index contributed by atoms with van der Waals surface area (Å²) in [5.41, 5.74) is 2.08. The summed E-state index contributed by atoms with van der Waals surface area (Å²) in [5, 5.41) is 3.36. The summed E-state index contributed by atoms with van der Waals surface area (Å²) in [6.07, 6.45) is 3.05. The van der Waals surface area contributed by atoms with Crippen LogP contribution in [0.25, 0.3) is 11.3 Å². The third-order valence-corrected chi connectivity index (χ3v) is 3.44. The Bertz CT molecular complexity index is 529. The van der Waals surface area contributed by atoms with E-state index >= 15 is 0 Å². The van der Waals surface area contributed by atoms with Gasteiger partial charge in [0.05, 0.1) is 19.0 Å². The first-order valence-electron chi connectivity index (χ1n) is 6.27. The van der Waals surface area contributed by atoms with Gasteiger partial charge in [-0.2, -0.15) is 0 Å². The molecular formula is C14H17N3O. The molecule has 1 unspecified atom stereocenters. The summed E-state index contributed by atoms with van der Waals surface area (Å²) < 4.78 is 5.37. The van der Waals surface area contributed by atoms with Crippen molar-refractivity contribution in [1.82, 2.24) is 15.3 Å². The van der Waals surface area contributed by atoms with Crippen LogP contribution in [-0.2, 0) is 0 Å². The first kappa shape index (κ1) is 11.3. The molecule has 0 saturated carbocycles. The van der Waals surface area contributed by atoms with E-state index in [4.69, 9.17) is 4.74 Å². The fourth-order valence-corrected chi connectivity index (χ4v) is 2.44. The highest BCUT2D eigenvalue weighted by Crippen LogP contribution is 2.29. The van der Waals surface area contributed by atoms with Crippen molar-refractivity contribution in [2.24, 2.45) is 0 Å². The molecule has 94 valence electrons. The third-order valence-electron chi connectivity index (χ3n) is 3.44. The fraction of sp³-hybridized carbons (Fsp3) is 0.357. The van der Waals surface area contributed by atoms with Crippen molar-refractivity contribution in [3.8, 4) is 17.0 Å². The molecule has 2 heterocycles. The molecule has 1 atom stereocenters. The lowest BCUT2D eigenvalue weighted by Gasteiger charge is -2.06. The number of benzene rings is 1. The Labute approximate surface area is 106 Å². The Kier molecular flexibility index (Phi) is 3.02. The Morgan fingerprint density at radius 2 is 2.22 bits per heavy atom. The van der Waals surface area contributed by atoms with E-state index in [0.29, 0.717) is 5.92 Å². The zero-order valence-electron chi connectivity index (χ0n) is 10.4. The van der Waals surface area contributed by atoms with Crippen LogP contribution in [0.3, 0.4) is 0 Å². The van der Waals surface area contributed by atoms with E-state index in [9.17, 15) is 0 Å². The lowest BCUT2D eigenvalue weighted by atomic mass is 10.1. The number of aromatic nitrogens is 2.